The number of aromatic nitrogens is 1. The third-order valence-electron chi connectivity index (χ3n) is 3.93. The van der Waals surface area contributed by atoms with Crippen LogP contribution in [0, 0.1) is 6.92 Å². The SMILES string of the molecule is Cc1ccc2nc(C3CC3)cc(C(=O)N(C)CC(=O)O)c2c1. The van der Waals surface area contributed by atoms with Crippen molar-refractivity contribution in [2.45, 2.75) is 25.7 Å². The van der Waals surface area contributed by atoms with Gasteiger partial charge in [0.25, 0.3) is 5.91 Å². The highest BCUT2D eigenvalue weighted by atomic mass is 16.4. The first-order valence-corrected chi connectivity index (χ1v) is 7.34. The van der Waals surface area contributed by atoms with Gasteiger partial charge in [-0.25, -0.2) is 0 Å². The van der Waals surface area contributed by atoms with Gasteiger partial charge in [-0.2, -0.15) is 0 Å². The Balaban J connectivity index is 2.10. The van der Waals surface area contributed by atoms with Crippen LogP contribution in [0.25, 0.3) is 10.9 Å². The van der Waals surface area contributed by atoms with E-state index in [1.165, 1.54) is 11.9 Å². The summed E-state index contributed by atoms with van der Waals surface area (Å²) in [6.45, 7) is 1.65. The number of pyridine rings is 1. The van der Waals surface area contributed by atoms with E-state index >= 15 is 0 Å². The van der Waals surface area contributed by atoms with Crippen LogP contribution in [0.5, 0.6) is 0 Å². The summed E-state index contributed by atoms with van der Waals surface area (Å²) >= 11 is 0. The second kappa shape index (κ2) is 5.40. The van der Waals surface area contributed by atoms with Crippen LogP contribution in [0.3, 0.4) is 0 Å². The summed E-state index contributed by atoms with van der Waals surface area (Å²) in [5.41, 5.74) is 3.31. The molecule has 1 amide bonds. The lowest BCUT2D eigenvalue weighted by molar-refractivity contribution is -0.137. The number of nitrogens with zero attached hydrogens (tertiary/aromatic N) is 2. The van der Waals surface area contributed by atoms with Crippen molar-refractivity contribution < 1.29 is 14.7 Å². The van der Waals surface area contributed by atoms with E-state index in [2.05, 4.69) is 4.98 Å². The fourth-order valence-electron chi connectivity index (χ4n) is 2.61. The Kier molecular flexibility index (Phi) is 3.56. The van der Waals surface area contributed by atoms with Gasteiger partial charge in [0.15, 0.2) is 0 Å². The molecule has 22 heavy (non-hydrogen) atoms. The summed E-state index contributed by atoms with van der Waals surface area (Å²) in [4.78, 5) is 29.4. The molecule has 1 aliphatic rings. The molecule has 1 aromatic heterocycles. The summed E-state index contributed by atoms with van der Waals surface area (Å²) < 4.78 is 0. The number of benzene rings is 1. The minimum atomic E-state index is -1.02. The van der Waals surface area contributed by atoms with Crippen molar-refractivity contribution in [3.8, 4) is 0 Å². The average Bonchev–Trinajstić information content (AvgIpc) is 3.29. The molecular formula is C17H18N2O3. The van der Waals surface area contributed by atoms with E-state index < -0.39 is 5.97 Å². The van der Waals surface area contributed by atoms with Gasteiger partial charge in [0.05, 0.1) is 11.1 Å². The number of fused-ring (bicyclic) bond motifs is 1. The quantitative estimate of drug-likeness (QED) is 0.941. The van der Waals surface area contributed by atoms with E-state index in [4.69, 9.17) is 5.11 Å². The third kappa shape index (κ3) is 2.79. The maximum absolute atomic E-state index is 12.6. The summed E-state index contributed by atoms with van der Waals surface area (Å²) in [5.74, 6) is -0.864. The van der Waals surface area contributed by atoms with E-state index in [1.807, 2.05) is 31.2 Å². The normalized spacial score (nSPS) is 14.1. The number of hydrogen-bond donors (Lipinski definition) is 1. The molecule has 114 valence electrons. The lowest BCUT2D eigenvalue weighted by Crippen LogP contribution is -2.32. The first kappa shape index (κ1) is 14.5. The molecule has 2 aromatic rings. The largest absolute Gasteiger partial charge is 0.480 e. The number of likely N-dealkylation sites (N-methyl/N-ethyl adjacent to an activating group) is 1. The average molecular weight is 298 g/mol. The van der Waals surface area contributed by atoms with Crippen molar-refractivity contribution in [3.63, 3.8) is 0 Å². The van der Waals surface area contributed by atoms with Crippen LogP contribution in [0.4, 0.5) is 0 Å². The van der Waals surface area contributed by atoms with Crippen molar-refractivity contribution in [1.82, 2.24) is 9.88 Å². The van der Waals surface area contributed by atoms with Crippen LogP contribution >= 0.6 is 0 Å². The van der Waals surface area contributed by atoms with Gasteiger partial charge in [0.2, 0.25) is 0 Å². The summed E-state index contributed by atoms with van der Waals surface area (Å²) in [6, 6.07) is 7.66. The van der Waals surface area contributed by atoms with Gasteiger partial charge >= 0.3 is 5.97 Å². The van der Waals surface area contributed by atoms with E-state index in [1.54, 1.807) is 0 Å². The van der Waals surface area contributed by atoms with Crippen molar-refractivity contribution in [3.05, 3.63) is 41.1 Å². The minimum Gasteiger partial charge on any atom is -0.480 e. The second-order valence-corrected chi connectivity index (χ2v) is 5.94. The molecule has 1 heterocycles. The standard InChI is InChI=1S/C17H18N2O3/c1-10-3-6-14-12(7-10)13(8-15(18-14)11-4-5-11)17(22)19(2)9-16(20)21/h3,6-8,11H,4-5,9H2,1-2H3,(H,20,21). The molecule has 0 radical (unpaired) electrons. The molecule has 1 N–H and O–H groups in total. The van der Waals surface area contributed by atoms with Crippen LogP contribution in [0.1, 0.15) is 40.4 Å². The van der Waals surface area contributed by atoms with Crippen molar-refractivity contribution in [2.24, 2.45) is 0 Å². The van der Waals surface area contributed by atoms with Crippen molar-refractivity contribution in [1.29, 1.82) is 0 Å². The minimum absolute atomic E-state index is 0.276. The summed E-state index contributed by atoms with van der Waals surface area (Å²) in [5, 5.41) is 9.67. The third-order valence-corrected chi connectivity index (χ3v) is 3.93. The monoisotopic (exact) mass is 298 g/mol. The van der Waals surface area contributed by atoms with Gasteiger partial charge in [0, 0.05) is 24.0 Å². The van der Waals surface area contributed by atoms with Gasteiger partial charge in [-0.3, -0.25) is 14.6 Å². The first-order chi connectivity index (χ1) is 10.5. The number of carbonyl (C=O) groups excluding carboxylic acids is 1. The fourth-order valence-corrected chi connectivity index (χ4v) is 2.61. The van der Waals surface area contributed by atoms with E-state index in [-0.39, 0.29) is 12.5 Å². The Bertz CT molecular complexity index is 766. The number of hydrogen-bond acceptors (Lipinski definition) is 3. The van der Waals surface area contributed by atoms with Crippen molar-refractivity contribution in [2.75, 3.05) is 13.6 Å². The predicted octanol–water partition coefficient (Wildman–Crippen LogP) is 2.58. The van der Waals surface area contributed by atoms with Gasteiger partial charge < -0.3 is 10.0 Å². The van der Waals surface area contributed by atoms with E-state index in [9.17, 15) is 9.59 Å². The zero-order valence-electron chi connectivity index (χ0n) is 12.7. The number of aliphatic carboxylic acids is 1. The Labute approximate surface area is 128 Å². The second-order valence-electron chi connectivity index (χ2n) is 5.94. The maximum Gasteiger partial charge on any atom is 0.323 e. The molecule has 1 aliphatic carbocycles. The predicted molar refractivity (Wildman–Crippen MR) is 83.1 cm³/mol. The van der Waals surface area contributed by atoms with Gasteiger partial charge in [0.1, 0.15) is 6.54 Å². The molecule has 5 heteroatoms. The lowest BCUT2D eigenvalue weighted by Gasteiger charge is -2.17. The molecule has 1 aromatic carbocycles. The Morgan fingerprint density at radius 1 is 1.32 bits per heavy atom. The molecule has 0 spiro atoms. The van der Waals surface area contributed by atoms with Gasteiger partial charge in [-0.1, -0.05) is 11.6 Å². The van der Waals surface area contributed by atoms with Crippen LogP contribution < -0.4 is 0 Å². The maximum atomic E-state index is 12.6. The molecule has 0 bridgehead atoms. The van der Waals surface area contributed by atoms with Crippen LogP contribution in [0.15, 0.2) is 24.3 Å². The number of carbonyl (C=O) groups is 2. The number of carboxylic acids is 1. The first-order valence-electron chi connectivity index (χ1n) is 7.34. The van der Waals surface area contributed by atoms with Gasteiger partial charge in [-0.15, -0.1) is 0 Å². The smallest absolute Gasteiger partial charge is 0.323 e. The Morgan fingerprint density at radius 2 is 2.05 bits per heavy atom. The number of amides is 1. The zero-order valence-corrected chi connectivity index (χ0v) is 12.7. The van der Waals surface area contributed by atoms with E-state index in [0.29, 0.717) is 11.5 Å². The number of rotatable bonds is 4. The Hall–Kier alpha value is -2.43. The highest BCUT2D eigenvalue weighted by Gasteiger charge is 2.27. The molecule has 3 rings (SSSR count). The molecule has 0 atom stereocenters. The van der Waals surface area contributed by atoms with Gasteiger partial charge in [-0.05, 0) is 38.0 Å². The van der Waals surface area contributed by atoms with Crippen molar-refractivity contribution >= 4 is 22.8 Å². The zero-order chi connectivity index (χ0) is 15.9. The fraction of sp³-hybridized carbons (Fsp3) is 0.353. The summed E-state index contributed by atoms with van der Waals surface area (Å²) in [7, 11) is 1.51. The number of carboxylic acid groups (broad SMARTS) is 1. The topological polar surface area (TPSA) is 70.5 Å². The van der Waals surface area contributed by atoms with Crippen LogP contribution in [-0.4, -0.2) is 40.5 Å². The van der Waals surface area contributed by atoms with Crippen LogP contribution in [0.2, 0.25) is 0 Å². The molecule has 0 saturated heterocycles. The number of aryl methyl sites for hydroxylation is 1. The lowest BCUT2D eigenvalue weighted by atomic mass is 10.0. The van der Waals surface area contributed by atoms with E-state index in [0.717, 1.165) is 35.0 Å². The highest BCUT2D eigenvalue weighted by Crippen LogP contribution is 2.40. The summed E-state index contributed by atoms with van der Waals surface area (Å²) in [6.07, 6.45) is 2.20. The molecular weight excluding hydrogens is 280 g/mol. The highest BCUT2D eigenvalue weighted by molar-refractivity contribution is 6.07. The molecule has 0 aliphatic heterocycles. The van der Waals surface area contributed by atoms with Crippen LogP contribution in [-0.2, 0) is 4.79 Å². The molecule has 0 unspecified atom stereocenters. The Morgan fingerprint density at radius 3 is 2.68 bits per heavy atom. The molecule has 1 fully saturated rings. The molecule has 1 saturated carbocycles. The molecule has 5 nitrogen and oxygen atoms in total.